The summed E-state index contributed by atoms with van der Waals surface area (Å²) in [5.74, 6) is 0. The van der Waals surface area contributed by atoms with Crippen molar-refractivity contribution in [2.24, 2.45) is 0 Å². The summed E-state index contributed by atoms with van der Waals surface area (Å²) in [6.45, 7) is -2.93. The minimum atomic E-state index is -2.93. The van der Waals surface area contributed by atoms with E-state index in [2.05, 4.69) is 0 Å². The van der Waals surface area contributed by atoms with Crippen molar-refractivity contribution in [3.8, 4) is 0 Å². The Morgan fingerprint density at radius 3 is 3.00 bits per heavy atom. The Morgan fingerprint density at radius 1 is 1.67 bits per heavy atom. The number of hydrogen-bond acceptors (Lipinski definition) is 2. The minimum Gasteiger partial charge on any atom is -0.423 e. The van der Waals surface area contributed by atoms with E-state index in [9.17, 15) is 0 Å². The van der Waals surface area contributed by atoms with Crippen molar-refractivity contribution in [2.45, 2.75) is 13.2 Å². The number of aryl methyl sites for hydroxylation is 1. The second kappa shape index (κ2) is 3.94. The second-order valence-corrected chi connectivity index (χ2v) is 2.67. The van der Waals surface area contributed by atoms with Gasteiger partial charge in [0.25, 0.3) is 0 Å². The fourth-order valence-electron chi connectivity index (χ4n) is 0.862. The lowest BCUT2D eigenvalue weighted by Gasteiger charge is -2.06. The largest absolute Gasteiger partial charge is 0.488 e. The SMILES string of the molecule is [2H]C([2H])([2H])C([2H])([2H])c1cc(Cl)ccc1B(O)O. The van der Waals surface area contributed by atoms with Crippen molar-refractivity contribution in [1.82, 2.24) is 0 Å². The van der Waals surface area contributed by atoms with Crippen LogP contribution in [0.25, 0.3) is 0 Å². The van der Waals surface area contributed by atoms with E-state index in [0.29, 0.717) is 0 Å². The lowest BCUT2D eigenvalue weighted by atomic mass is 9.76. The number of rotatable bonds is 2. The van der Waals surface area contributed by atoms with Crippen molar-refractivity contribution in [3.63, 3.8) is 0 Å². The normalized spacial score (nSPS) is 18.4. The van der Waals surface area contributed by atoms with E-state index in [4.69, 9.17) is 28.5 Å². The van der Waals surface area contributed by atoms with Gasteiger partial charge in [-0.15, -0.1) is 0 Å². The first-order chi connectivity index (χ1) is 7.57. The van der Waals surface area contributed by atoms with Gasteiger partial charge in [0, 0.05) is 11.9 Å². The van der Waals surface area contributed by atoms with Gasteiger partial charge < -0.3 is 10.0 Å². The number of hydrogen-bond donors (Lipinski definition) is 2. The van der Waals surface area contributed by atoms with Gasteiger partial charge in [-0.3, -0.25) is 0 Å². The summed E-state index contributed by atoms with van der Waals surface area (Å²) in [6, 6.07) is 3.60. The van der Waals surface area contributed by atoms with Crippen LogP contribution in [0.1, 0.15) is 19.3 Å². The van der Waals surface area contributed by atoms with E-state index in [1.807, 2.05) is 0 Å². The summed E-state index contributed by atoms with van der Waals surface area (Å²) in [7, 11) is -1.96. The molecule has 2 nitrogen and oxygen atoms in total. The molecule has 1 aromatic rings. The summed E-state index contributed by atoms with van der Waals surface area (Å²) in [5, 5.41) is 18.3. The molecular weight excluding hydrogens is 174 g/mol. The molecule has 0 aliphatic heterocycles. The highest BCUT2D eigenvalue weighted by Gasteiger charge is 2.14. The summed E-state index contributed by atoms with van der Waals surface area (Å²) >= 11 is 5.66. The van der Waals surface area contributed by atoms with Crippen LogP contribution in [0.15, 0.2) is 18.2 Å². The van der Waals surface area contributed by atoms with Gasteiger partial charge in [0.1, 0.15) is 0 Å². The van der Waals surface area contributed by atoms with Gasteiger partial charge in [-0.25, -0.2) is 0 Å². The molecule has 0 unspecified atom stereocenters. The monoisotopic (exact) mass is 189 g/mol. The Balaban J connectivity index is 3.43. The molecule has 0 heterocycles. The fraction of sp³-hybridized carbons (Fsp3) is 0.250. The molecule has 0 aliphatic rings. The highest BCUT2D eigenvalue weighted by molar-refractivity contribution is 6.59. The van der Waals surface area contributed by atoms with E-state index in [-0.39, 0.29) is 16.0 Å². The van der Waals surface area contributed by atoms with E-state index >= 15 is 0 Å². The summed E-state index contributed by atoms with van der Waals surface area (Å²) in [5.41, 5.74) is -0.560. The van der Waals surface area contributed by atoms with Gasteiger partial charge in [-0.1, -0.05) is 24.5 Å². The van der Waals surface area contributed by atoms with Crippen molar-refractivity contribution in [3.05, 3.63) is 28.8 Å². The average molecular weight is 189 g/mol. The Kier molecular flexibility index (Phi) is 1.53. The minimum absolute atomic E-state index is 0.123. The zero-order valence-corrected chi connectivity index (χ0v) is 6.84. The predicted octanol–water partition coefficient (Wildman–Crippen LogP) is 0.582. The van der Waals surface area contributed by atoms with Crippen LogP contribution in [-0.2, 0) is 6.37 Å². The van der Waals surface area contributed by atoms with Crippen molar-refractivity contribution < 1.29 is 16.9 Å². The Labute approximate surface area is 84.0 Å². The molecule has 0 amide bonds. The summed E-state index contributed by atoms with van der Waals surface area (Å²) in [4.78, 5) is 0. The van der Waals surface area contributed by atoms with E-state index in [1.54, 1.807) is 0 Å². The third-order valence-electron chi connectivity index (χ3n) is 1.43. The molecule has 0 aromatic heterocycles. The highest BCUT2D eigenvalue weighted by atomic mass is 35.5. The first-order valence-electron chi connectivity index (χ1n) is 5.73. The first-order valence-corrected chi connectivity index (χ1v) is 3.61. The van der Waals surface area contributed by atoms with Gasteiger partial charge in [0.15, 0.2) is 0 Å². The molecule has 1 aromatic carbocycles. The van der Waals surface area contributed by atoms with Crippen LogP contribution in [0.4, 0.5) is 0 Å². The topological polar surface area (TPSA) is 40.5 Å². The standard InChI is InChI=1S/C8H10BClO2/c1-2-6-5-7(10)3-4-8(6)9(11)12/h3-5,11-12H,2H2,1H3/i1D3,2D2. The fourth-order valence-corrected chi connectivity index (χ4v) is 1.03. The summed E-state index contributed by atoms with van der Waals surface area (Å²) < 4.78 is 36.5. The van der Waals surface area contributed by atoms with Crippen LogP contribution in [0.5, 0.6) is 0 Å². The van der Waals surface area contributed by atoms with Crippen molar-refractivity contribution in [1.29, 1.82) is 0 Å². The van der Waals surface area contributed by atoms with Crippen molar-refractivity contribution in [2.75, 3.05) is 0 Å². The molecule has 0 saturated carbocycles. The lowest BCUT2D eigenvalue weighted by Crippen LogP contribution is -2.32. The van der Waals surface area contributed by atoms with E-state index in [1.165, 1.54) is 12.1 Å². The maximum Gasteiger partial charge on any atom is 0.488 e. The molecule has 0 spiro atoms. The second-order valence-electron chi connectivity index (χ2n) is 2.23. The average Bonchev–Trinajstić information content (AvgIpc) is 2.15. The molecular formula is C8H10BClO2. The maximum atomic E-state index is 9.09. The number of halogens is 1. The van der Waals surface area contributed by atoms with Crippen LogP contribution < -0.4 is 5.46 Å². The molecule has 0 saturated heterocycles. The highest BCUT2D eigenvalue weighted by Crippen LogP contribution is 2.09. The van der Waals surface area contributed by atoms with Gasteiger partial charge in [-0.2, -0.15) is 0 Å². The first kappa shape index (κ1) is 4.65. The lowest BCUT2D eigenvalue weighted by molar-refractivity contribution is 0.425. The third-order valence-corrected chi connectivity index (χ3v) is 1.66. The molecule has 2 N–H and O–H groups in total. The molecule has 12 heavy (non-hydrogen) atoms. The van der Waals surface area contributed by atoms with Gasteiger partial charge in [0.2, 0.25) is 0 Å². The molecule has 1 rings (SSSR count). The van der Waals surface area contributed by atoms with Crippen LogP contribution in [0, 0.1) is 0 Å². The Morgan fingerprint density at radius 2 is 2.42 bits per heavy atom. The molecule has 0 aliphatic carbocycles. The van der Waals surface area contributed by atoms with Crippen LogP contribution >= 0.6 is 11.6 Å². The van der Waals surface area contributed by atoms with E-state index < -0.39 is 20.3 Å². The van der Waals surface area contributed by atoms with Gasteiger partial charge >= 0.3 is 7.12 Å². The van der Waals surface area contributed by atoms with Gasteiger partial charge in [-0.05, 0) is 29.5 Å². The molecule has 0 bridgehead atoms. The molecule has 64 valence electrons. The number of benzene rings is 1. The van der Waals surface area contributed by atoms with Crippen LogP contribution in [0.3, 0.4) is 0 Å². The maximum absolute atomic E-state index is 9.09. The molecule has 0 atom stereocenters. The van der Waals surface area contributed by atoms with Crippen molar-refractivity contribution >= 4 is 24.2 Å². The Bertz CT molecular complexity index is 421. The zero-order valence-electron chi connectivity index (χ0n) is 11.1. The van der Waals surface area contributed by atoms with E-state index in [0.717, 1.165) is 6.07 Å². The van der Waals surface area contributed by atoms with Crippen LogP contribution in [0.2, 0.25) is 5.02 Å². The van der Waals surface area contributed by atoms with Crippen LogP contribution in [-0.4, -0.2) is 17.2 Å². The van der Waals surface area contributed by atoms with Gasteiger partial charge in [0.05, 0.1) is 0 Å². The third kappa shape index (κ3) is 2.00. The molecule has 4 heteroatoms. The summed E-state index contributed by atoms with van der Waals surface area (Å²) in [6.07, 6.45) is -2.71. The quantitative estimate of drug-likeness (QED) is 0.668. The Hall–Kier alpha value is -0.505. The zero-order chi connectivity index (χ0) is 13.4. The molecule has 0 radical (unpaired) electrons. The molecule has 0 fully saturated rings. The smallest absolute Gasteiger partial charge is 0.423 e. The predicted molar refractivity (Wildman–Crippen MR) is 50.7 cm³/mol.